The molecule has 1 aromatic heterocycles. The van der Waals surface area contributed by atoms with E-state index in [9.17, 15) is 10.1 Å². The number of hydrogen-bond acceptors (Lipinski definition) is 4. The highest BCUT2D eigenvalue weighted by molar-refractivity contribution is 5.83. The Morgan fingerprint density at radius 2 is 2.19 bits per heavy atom. The number of carboxylic acid groups (broad SMARTS) is 1. The molecule has 0 spiro atoms. The van der Waals surface area contributed by atoms with Crippen molar-refractivity contribution in [3.63, 3.8) is 0 Å². The van der Waals surface area contributed by atoms with E-state index in [1.54, 1.807) is 6.07 Å². The molecule has 1 atom stereocenters. The molecule has 2 rings (SSSR count). The Labute approximate surface area is 123 Å². The maximum Gasteiger partial charge on any atom is 0.305 e. The van der Waals surface area contributed by atoms with Gasteiger partial charge in [0.1, 0.15) is 11.9 Å². The van der Waals surface area contributed by atoms with Gasteiger partial charge in [0, 0.05) is 18.0 Å². The molecule has 0 saturated heterocycles. The number of carboxylic acids is 1. The van der Waals surface area contributed by atoms with Crippen LogP contribution >= 0.6 is 0 Å². The first-order valence-electron chi connectivity index (χ1n) is 6.85. The zero-order chi connectivity index (χ0) is 15.4. The lowest BCUT2D eigenvalue weighted by atomic mass is 10.1. The van der Waals surface area contributed by atoms with Crippen LogP contribution in [0.25, 0.3) is 10.9 Å². The Balaban J connectivity index is 2.51. The van der Waals surface area contributed by atoms with Gasteiger partial charge in [-0.05, 0) is 26.0 Å². The normalized spacial score (nSPS) is 11.9. The van der Waals surface area contributed by atoms with E-state index < -0.39 is 5.97 Å². The highest BCUT2D eigenvalue weighted by Crippen LogP contribution is 2.25. The summed E-state index contributed by atoms with van der Waals surface area (Å²) in [5.41, 5.74) is 1.26. The van der Waals surface area contributed by atoms with Crippen LogP contribution in [0.15, 0.2) is 30.3 Å². The molecule has 1 N–H and O–H groups in total. The number of benzene rings is 1. The highest BCUT2D eigenvalue weighted by atomic mass is 16.4. The molecule has 0 aliphatic heterocycles. The lowest BCUT2D eigenvalue weighted by Crippen LogP contribution is -2.35. The fourth-order valence-electron chi connectivity index (χ4n) is 2.44. The minimum atomic E-state index is -0.861. The van der Waals surface area contributed by atoms with Crippen LogP contribution in [-0.4, -0.2) is 28.6 Å². The lowest BCUT2D eigenvalue weighted by molar-refractivity contribution is -0.137. The molecule has 2 aromatic rings. The van der Waals surface area contributed by atoms with Gasteiger partial charge >= 0.3 is 5.97 Å². The number of aliphatic carboxylic acids is 1. The first kappa shape index (κ1) is 14.8. The summed E-state index contributed by atoms with van der Waals surface area (Å²) in [7, 11) is 0. The van der Waals surface area contributed by atoms with Crippen molar-refractivity contribution < 1.29 is 9.90 Å². The number of rotatable bonds is 5. The summed E-state index contributed by atoms with van der Waals surface area (Å²) in [6, 6.07) is 11.3. The van der Waals surface area contributed by atoms with Gasteiger partial charge in [-0.2, -0.15) is 5.26 Å². The maximum atomic E-state index is 10.9. The number of hydrogen-bond donors (Lipinski definition) is 1. The summed E-state index contributed by atoms with van der Waals surface area (Å²) < 4.78 is 0. The van der Waals surface area contributed by atoms with Gasteiger partial charge < -0.3 is 10.0 Å². The molecule has 0 fully saturated rings. The van der Waals surface area contributed by atoms with Crippen LogP contribution in [0.2, 0.25) is 0 Å². The van der Waals surface area contributed by atoms with Crippen LogP contribution in [0.1, 0.15) is 25.8 Å². The van der Waals surface area contributed by atoms with Crippen molar-refractivity contribution in [3.8, 4) is 6.07 Å². The van der Waals surface area contributed by atoms with Crippen molar-refractivity contribution in [2.45, 2.75) is 26.3 Å². The number of pyridine rings is 1. The number of fused-ring (bicyclic) bond motifs is 1. The number of carbonyl (C=O) groups is 1. The van der Waals surface area contributed by atoms with Crippen LogP contribution in [0, 0.1) is 11.3 Å². The minimum absolute atomic E-state index is 0.00716. The van der Waals surface area contributed by atoms with Gasteiger partial charge in [0.2, 0.25) is 0 Å². The van der Waals surface area contributed by atoms with Crippen molar-refractivity contribution in [1.82, 2.24) is 4.98 Å². The van der Waals surface area contributed by atoms with Gasteiger partial charge in [0.15, 0.2) is 0 Å². The monoisotopic (exact) mass is 283 g/mol. The fourth-order valence-corrected chi connectivity index (χ4v) is 2.44. The molecule has 0 bridgehead atoms. The lowest BCUT2D eigenvalue weighted by Gasteiger charge is -2.29. The molecular weight excluding hydrogens is 266 g/mol. The molecule has 0 aliphatic rings. The summed E-state index contributed by atoms with van der Waals surface area (Å²) in [5.74, 6) is -0.312. The molecule has 0 aliphatic carbocycles. The van der Waals surface area contributed by atoms with Crippen LogP contribution in [0.4, 0.5) is 5.82 Å². The van der Waals surface area contributed by atoms with Crippen LogP contribution in [-0.2, 0) is 4.79 Å². The van der Waals surface area contributed by atoms with Crippen LogP contribution < -0.4 is 4.90 Å². The summed E-state index contributed by atoms with van der Waals surface area (Å²) in [5, 5.41) is 19.2. The topological polar surface area (TPSA) is 77.2 Å². The summed E-state index contributed by atoms with van der Waals surface area (Å²) in [4.78, 5) is 17.3. The second kappa shape index (κ2) is 6.23. The zero-order valence-electron chi connectivity index (χ0n) is 12.1. The molecule has 5 heteroatoms. The molecule has 5 nitrogen and oxygen atoms in total. The van der Waals surface area contributed by atoms with Crippen molar-refractivity contribution in [2.75, 3.05) is 11.4 Å². The Bertz CT molecular complexity index is 706. The number of anilines is 1. The summed E-state index contributed by atoms with van der Waals surface area (Å²) in [6.45, 7) is 4.35. The van der Waals surface area contributed by atoms with Crippen molar-refractivity contribution in [1.29, 1.82) is 5.26 Å². The van der Waals surface area contributed by atoms with Crippen LogP contribution in [0.5, 0.6) is 0 Å². The van der Waals surface area contributed by atoms with E-state index in [1.165, 1.54) is 0 Å². The smallest absolute Gasteiger partial charge is 0.305 e. The van der Waals surface area contributed by atoms with Gasteiger partial charge in [-0.15, -0.1) is 0 Å². The summed E-state index contributed by atoms with van der Waals surface area (Å²) >= 11 is 0. The predicted molar refractivity (Wildman–Crippen MR) is 81.2 cm³/mol. The molecule has 21 heavy (non-hydrogen) atoms. The second-order valence-corrected chi connectivity index (χ2v) is 4.90. The highest BCUT2D eigenvalue weighted by Gasteiger charge is 2.20. The molecule has 0 radical (unpaired) electrons. The fraction of sp³-hybridized carbons (Fsp3) is 0.312. The van der Waals surface area contributed by atoms with E-state index in [2.05, 4.69) is 11.1 Å². The average molecular weight is 283 g/mol. The van der Waals surface area contributed by atoms with Crippen LogP contribution in [0.3, 0.4) is 0 Å². The van der Waals surface area contributed by atoms with E-state index in [4.69, 9.17) is 5.11 Å². The first-order valence-corrected chi connectivity index (χ1v) is 6.85. The molecular formula is C16H17N3O2. The third-order valence-corrected chi connectivity index (χ3v) is 3.44. The Kier molecular flexibility index (Phi) is 4.39. The minimum Gasteiger partial charge on any atom is -0.481 e. The van der Waals surface area contributed by atoms with Crippen molar-refractivity contribution in [2.24, 2.45) is 0 Å². The average Bonchev–Trinajstić information content (AvgIpc) is 2.46. The largest absolute Gasteiger partial charge is 0.481 e. The Morgan fingerprint density at radius 1 is 1.48 bits per heavy atom. The quantitative estimate of drug-likeness (QED) is 0.913. The summed E-state index contributed by atoms with van der Waals surface area (Å²) in [6.07, 6.45) is 0.00716. The van der Waals surface area contributed by atoms with E-state index in [0.29, 0.717) is 17.9 Å². The predicted octanol–water partition coefficient (Wildman–Crippen LogP) is 2.80. The second-order valence-electron chi connectivity index (χ2n) is 4.90. The number of nitriles is 1. The third kappa shape index (κ3) is 3.11. The van der Waals surface area contributed by atoms with E-state index in [0.717, 1.165) is 10.9 Å². The number of para-hydroxylation sites is 1. The Morgan fingerprint density at radius 3 is 2.81 bits per heavy atom. The SMILES string of the molecule is CCN(c1nc2ccccc2cc1C#N)C(C)CC(=O)O. The molecule has 108 valence electrons. The van der Waals surface area contributed by atoms with Crippen molar-refractivity contribution in [3.05, 3.63) is 35.9 Å². The van der Waals surface area contributed by atoms with Gasteiger partial charge in [-0.1, -0.05) is 18.2 Å². The standard InChI is InChI=1S/C16H17N3O2/c1-3-19(11(2)8-15(20)21)16-13(10-17)9-12-6-4-5-7-14(12)18-16/h4-7,9,11H,3,8H2,1-2H3,(H,20,21). The molecule has 1 unspecified atom stereocenters. The molecule has 0 saturated carbocycles. The van der Waals surface area contributed by atoms with Gasteiger partial charge in [-0.25, -0.2) is 4.98 Å². The molecule has 1 aromatic carbocycles. The third-order valence-electron chi connectivity index (χ3n) is 3.44. The van der Waals surface area contributed by atoms with Gasteiger partial charge in [0.25, 0.3) is 0 Å². The Hall–Kier alpha value is -2.61. The first-order chi connectivity index (χ1) is 10.1. The zero-order valence-corrected chi connectivity index (χ0v) is 12.1. The number of aromatic nitrogens is 1. The molecule has 1 heterocycles. The van der Waals surface area contributed by atoms with E-state index >= 15 is 0 Å². The van der Waals surface area contributed by atoms with Gasteiger partial charge in [0.05, 0.1) is 17.5 Å². The maximum absolute atomic E-state index is 10.9. The number of nitrogens with zero attached hydrogens (tertiary/aromatic N) is 3. The molecule has 0 amide bonds. The van der Waals surface area contributed by atoms with E-state index in [1.807, 2.05) is 43.0 Å². The van der Waals surface area contributed by atoms with Gasteiger partial charge in [-0.3, -0.25) is 4.79 Å². The van der Waals surface area contributed by atoms with E-state index in [-0.39, 0.29) is 12.5 Å². The van der Waals surface area contributed by atoms with Crippen molar-refractivity contribution >= 4 is 22.7 Å².